The van der Waals surface area contributed by atoms with E-state index in [0.717, 1.165) is 36.9 Å². The lowest BCUT2D eigenvalue weighted by atomic mass is 9.72. The number of carbonyl (C=O) groups is 2. The molecule has 1 fully saturated rings. The molecule has 0 unspecified atom stereocenters. The van der Waals surface area contributed by atoms with E-state index >= 15 is 0 Å². The molecule has 1 saturated carbocycles. The van der Waals surface area contributed by atoms with Gasteiger partial charge in [-0.2, -0.15) is 0 Å². The summed E-state index contributed by atoms with van der Waals surface area (Å²) in [5.74, 6) is -0.488. The van der Waals surface area contributed by atoms with E-state index in [4.69, 9.17) is 9.47 Å². The Morgan fingerprint density at radius 3 is 2.68 bits per heavy atom. The Bertz CT molecular complexity index is 1170. The van der Waals surface area contributed by atoms with Crippen LogP contribution in [0.1, 0.15) is 67.7 Å². The number of ketones is 1. The number of hydrogen-bond donors (Lipinski definition) is 2. The van der Waals surface area contributed by atoms with Gasteiger partial charge in [0.05, 0.1) is 12.7 Å². The van der Waals surface area contributed by atoms with Crippen LogP contribution in [0.5, 0.6) is 11.5 Å². The molecule has 0 amide bonds. The molecule has 0 saturated heterocycles. The largest absolute Gasteiger partial charge is 0.504 e. The second-order valence-electron chi connectivity index (χ2n) is 9.28. The molecule has 3 aliphatic rings. The first-order chi connectivity index (χ1) is 16.5. The smallest absolute Gasteiger partial charge is 0.337 e. The number of phenolic OH excluding ortho intramolecular Hbond substituents is 1. The number of phenols is 1. The molecule has 0 spiro atoms. The van der Waals surface area contributed by atoms with Crippen molar-refractivity contribution in [3.05, 3.63) is 68.7 Å². The molecule has 2 aliphatic carbocycles. The van der Waals surface area contributed by atoms with Crippen molar-refractivity contribution in [1.82, 2.24) is 5.32 Å². The maximum absolute atomic E-state index is 13.6. The summed E-state index contributed by atoms with van der Waals surface area (Å²) in [6, 6.07) is 9.11. The fourth-order valence-electron chi connectivity index (χ4n) is 5.46. The monoisotopic (exact) mass is 479 g/mol. The average molecular weight is 480 g/mol. The Kier molecular flexibility index (Phi) is 6.21. The topological polar surface area (TPSA) is 84.9 Å². The molecule has 2 heterocycles. The van der Waals surface area contributed by atoms with Crippen LogP contribution >= 0.6 is 11.3 Å². The maximum atomic E-state index is 13.6. The van der Waals surface area contributed by atoms with E-state index in [1.807, 2.05) is 18.4 Å². The van der Waals surface area contributed by atoms with Crippen LogP contribution in [0.15, 0.2) is 58.3 Å². The number of dihydropyridines is 1. The van der Waals surface area contributed by atoms with Crippen molar-refractivity contribution in [2.75, 3.05) is 7.11 Å². The van der Waals surface area contributed by atoms with Gasteiger partial charge >= 0.3 is 5.97 Å². The average Bonchev–Trinajstić information content (AvgIpc) is 3.53. The molecule has 1 aromatic carbocycles. The number of thiophene rings is 1. The summed E-state index contributed by atoms with van der Waals surface area (Å²) in [6.07, 6.45) is 4.89. The van der Waals surface area contributed by atoms with Gasteiger partial charge in [-0.3, -0.25) is 4.79 Å². The minimum atomic E-state index is -0.573. The zero-order chi connectivity index (χ0) is 23.8. The van der Waals surface area contributed by atoms with Crippen molar-refractivity contribution >= 4 is 23.1 Å². The molecule has 0 bridgehead atoms. The van der Waals surface area contributed by atoms with E-state index < -0.39 is 5.92 Å². The van der Waals surface area contributed by atoms with Crippen LogP contribution < -0.4 is 10.1 Å². The number of methoxy groups -OCH3 is 1. The number of rotatable bonds is 5. The Morgan fingerprint density at radius 2 is 1.97 bits per heavy atom. The predicted molar refractivity (Wildman–Crippen MR) is 130 cm³/mol. The van der Waals surface area contributed by atoms with Crippen LogP contribution in [0.3, 0.4) is 0 Å². The number of hydrogen-bond acceptors (Lipinski definition) is 7. The normalized spacial score (nSPS) is 23.1. The first-order valence-electron chi connectivity index (χ1n) is 11.8. The molecule has 2 N–H and O–H groups in total. The van der Waals surface area contributed by atoms with Gasteiger partial charge in [-0.05, 0) is 68.2 Å². The van der Waals surface area contributed by atoms with Crippen LogP contribution in [0.2, 0.25) is 0 Å². The van der Waals surface area contributed by atoms with Crippen molar-refractivity contribution in [2.24, 2.45) is 0 Å². The lowest BCUT2D eigenvalue weighted by Gasteiger charge is -2.36. The third-order valence-electron chi connectivity index (χ3n) is 7.11. The third-order valence-corrected chi connectivity index (χ3v) is 8.14. The quantitative estimate of drug-likeness (QED) is 0.566. The number of Topliss-reactive ketones (excluding diaryl/α,β-unsaturated/α-hetero) is 1. The summed E-state index contributed by atoms with van der Waals surface area (Å²) < 4.78 is 11.2. The Hall–Kier alpha value is -3.06. The fraction of sp³-hybridized carbons (Fsp3) is 0.407. The highest BCUT2D eigenvalue weighted by Gasteiger charge is 2.42. The van der Waals surface area contributed by atoms with Crippen LogP contribution in [0, 0.1) is 0 Å². The first-order valence-corrected chi connectivity index (χ1v) is 12.7. The standard InChI is InChI=1S/C27H29NO5S/c1-15-24(27(31)33-18-6-3-4-7-18)25(16-9-10-20(29)22(14-16)32-2)26-19(28-15)12-17(13-21(26)30)23-8-5-11-34-23/h5,8-11,14,17-18,25,28-29H,3-4,6-7,12-13H2,1-2H3/t17-,25+/m0/s1. The molecule has 2 atom stereocenters. The summed E-state index contributed by atoms with van der Waals surface area (Å²) >= 11 is 1.67. The van der Waals surface area contributed by atoms with Gasteiger partial charge in [0, 0.05) is 40.1 Å². The van der Waals surface area contributed by atoms with Gasteiger partial charge in [-0.1, -0.05) is 12.1 Å². The molecule has 6 nitrogen and oxygen atoms in total. The molecule has 0 radical (unpaired) electrons. The Balaban J connectivity index is 1.58. The summed E-state index contributed by atoms with van der Waals surface area (Å²) in [5, 5.41) is 15.6. The Labute approximate surface area is 203 Å². The molecule has 1 aromatic heterocycles. The minimum Gasteiger partial charge on any atom is -0.504 e. The second-order valence-corrected chi connectivity index (χ2v) is 10.3. The van der Waals surface area contributed by atoms with E-state index in [-0.39, 0.29) is 29.5 Å². The molecule has 5 rings (SSSR count). The van der Waals surface area contributed by atoms with Gasteiger partial charge in [0.2, 0.25) is 0 Å². The number of esters is 1. The van der Waals surface area contributed by atoms with Gasteiger partial charge in [0.25, 0.3) is 0 Å². The third kappa shape index (κ3) is 4.13. The summed E-state index contributed by atoms with van der Waals surface area (Å²) in [7, 11) is 1.49. The van der Waals surface area contributed by atoms with E-state index in [0.29, 0.717) is 35.4 Å². The van der Waals surface area contributed by atoms with Crippen molar-refractivity contribution in [2.45, 2.75) is 63.4 Å². The molecule has 7 heteroatoms. The van der Waals surface area contributed by atoms with Gasteiger partial charge in [-0.15, -0.1) is 11.3 Å². The van der Waals surface area contributed by atoms with Crippen LogP contribution in [-0.4, -0.2) is 30.1 Å². The lowest BCUT2D eigenvalue weighted by molar-refractivity contribution is -0.144. The van der Waals surface area contributed by atoms with Crippen LogP contribution in [-0.2, 0) is 14.3 Å². The van der Waals surface area contributed by atoms with Crippen molar-refractivity contribution in [1.29, 1.82) is 0 Å². The fourth-order valence-corrected chi connectivity index (χ4v) is 6.29. The lowest BCUT2D eigenvalue weighted by Crippen LogP contribution is -2.36. The first kappa shape index (κ1) is 22.7. The number of aromatic hydroxyl groups is 1. The van der Waals surface area contributed by atoms with Crippen LogP contribution in [0.4, 0.5) is 0 Å². The summed E-state index contributed by atoms with van der Waals surface area (Å²) in [4.78, 5) is 28.3. The van der Waals surface area contributed by atoms with E-state index in [1.165, 1.54) is 12.0 Å². The highest BCUT2D eigenvalue weighted by atomic mass is 32.1. The van der Waals surface area contributed by atoms with E-state index in [1.54, 1.807) is 29.5 Å². The number of allylic oxidation sites excluding steroid dienone is 3. The number of benzene rings is 1. The van der Waals surface area contributed by atoms with Gasteiger partial charge < -0.3 is 19.9 Å². The van der Waals surface area contributed by atoms with E-state index in [9.17, 15) is 14.7 Å². The zero-order valence-electron chi connectivity index (χ0n) is 19.4. The summed E-state index contributed by atoms with van der Waals surface area (Å²) in [5.41, 5.74) is 3.37. The van der Waals surface area contributed by atoms with Crippen molar-refractivity contribution < 1.29 is 24.2 Å². The van der Waals surface area contributed by atoms with Crippen LogP contribution in [0.25, 0.3) is 0 Å². The molecule has 1 aliphatic heterocycles. The molecule has 34 heavy (non-hydrogen) atoms. The van der Waals surface area contributed by atoms with Gasteiger partial charge in [-0.25, -0.2) is 4.79 Å². The highest BCUT2D eigenvalue weighted by molar-refractivity contribution is 7.10. The number of nitrogens with one attached hydrogen (secondary N) is 1. The van der Waals surface area contributed by atoms with Crippen molar-refractivity contribution in [3.63, 3.8) is 0 Å². The molecule has 2 aromatic rings. The SMILES string of the molecule is COc1cc([C@@H]2C(C(=O)OC3CCCC3)=C(C)NC3=C2C(=O)C[C@@H](c2cccs2)C3)ccc1O. The number of carbonyl (C=O) groups excluding carboxylic acids is 2. The molecular weight excluding hydrogens is 450 g/mol. The predicted octanol–water partition coefficient (Wildman–Crippen LogP) is 5.31. The molecule has 178 valence electrons. The number of ether oxygens (including phenoxy) is 2. The summed E-state index contributed by atoms with van der Waals surface area (Å²) in [6.45, 7) is 1.87. The van der Waals surface area contributed by atoms with E-state index in [2.05, 4.69) is 11.4 Å². The zero-order valence-corrected chi connectivity index (χ0v) is 20.2. The Morgan fingerprint density at radius 1 is 1.18 bits per heavy atom. The minimum absolute atomic E-state index is 0.0119. The molecular formula is C27H29NO5S. The maximum Gasteiger partial charge on any atom is 0.337 e. The van der Waals surface area contributed by atoms with Crippen molar-refractivity contribution in [3.8, 4) is 11.5 Å². The second kappa shape index (κ2) is 9.29. The van der Waals surface area contributed by atoms with Gasteiger partial charge in [0.1, 0.15) is 6.10 Å². The highest BCUT2D eigenvalue weighted by Crippen LogP contribution is 2.47. The van der Waals surface area contributed by atoms with Gasteiger partial charge in [0.15, 0.2) is 17.3 Å².